The first-order chi connectivity index (χ1) is 13.6. The van der Waals surface area contributed by atoms with E-state index in [4.69, 9.17) is 11.6 Å². The van der Waals surface area contributed by atoms with Crippen LogP contribution in [0.3, 0.4) is 0 Å². The minimum atomic E-state index is 0.0555. The first-order valence-electron chi connectivity index (χ1n) is 9.37. The second kappa shape index (κ2) is 9.72. The monoisotopic (exact) mass is 401 g/mol. The van der Waals surface area contributed by atoms with E-state index in [-0.39, 0.29) is 5.91 Å². The molecule has 0 spiro atoms. The molecule has 0 bridgehead atoms. The maximum Gasteiger partial charge on any atom is 0.253 e. The van der Waals surface area contributed by atoms with Gasteiger partial charge in [-0.05, 0) is 43.7 Å². The number of nitrogens with two attached hydrogens (primary N) is 2. The normalized spacial score (nSPS) is 15.4. The second-order valence-corrected chi connectivity index (χ2v) is 7.50. The summed E-state index contributed by atoms with van der Waals surface area (Å²) in [5, 5.41) is 4.10. The minimum Gasteiger partial charge on any atom is -0.397 e. The van der Waals surface area contributed by atoms with E-state index >= 15 is 0 Å². The third-order valence-electron chi connectivity index (χ3n) is 4.82. The van der Waals surface area contributed by atoms with E-state index in [1.807, 2.05) is 17.4 Å². The third-order valence-corrected chi connectivity index (χ3v) is 5.38. The van der Waals surface area contributed by atoms with Crippen molar-refractivity contribution >= 4 is 29.0 Å². The highest BCUT2D eigenvalue weighted by atomic mass is 32.2. The van der Waals surface area contributed by atoms with Gasteiger partial charge >= 0.3 is 0 Å². The fourth-order valence-corrected chi connectivity index (χ4v) is 3.60. The minimum absolute atomic E-state index is 0.0555. The van der Waals surface area contributed by atoms with Crippen molar-refractivity contribution in [1.82, 2.24) is 20.2 Å². The molecule has 1 fully saturated rings. The molecule has 0 saturated carbocycles. The van der Waals surface area contributed by atoms with Gasteiger partial charge < -0.3 is 21.4 Å². The Bertz CT molecular complexity index is 824. The van der Waals surface area contributed by atoms with Crippen molar-refractivity contribution in [2.45, 2.75) is 37.5 Å². The van der Waals surface area contributed by atoms with Gasteiger partial charge in [-0.2, -0.15) is 0 Å². The molecule has 8 nitrogen and oxygen atoms in total. The first kappa shape index (κ1) is 20.4. The van der Waals surface area contributed by atoms with Crippen LogP contribution in [-0.2, 0) is 13.1 Å². The lowest BCUT2D eigenvalue weighted by atomic mass is 10.1. The van der Waals surface area contributed by atoms with Gasteiger partial charge in [0, 0.05) is 43.5 Å². The number of hydrogen-bond acceptors (Lipinski definition) is 8. The molecule has 3 heterocycles. The maximum atomic E-state index is 12.2. The molecule has 2 aliphatic rings. The molecule has 1 aromatic carbocycles. The summed E-state index contributed by atoms with van der Waals surface area (Å²) < 4.78 is 0. The summed E-state index contributed by atoms with van der Waals surface area (Å²) in [6, 6.07) is 5.15. The number of thioether (sulfide) groups is 1. The van der Waals surface area contributed by atoms with E-state index in [0.29, 0.717) is 16.9 Å². The Hall–Kier alpha value is -2.36. The van der Waals surface area contributed by atoms with Crippen LogP contribution >= 0.6 is 11.8 Å². The van der Waals surface area contributed by atoms with Crippen molar-refractivity contribution in [3.05, 3.63) is 41.2 Å². The zero-order chi connectivity index (χ0) is 19.9. The number of nitrogen functional groups attached to an aromatic ring is 2. The van der Waals surface area contributed by atoms with Gasteiger partial charge in [0.1, 0.15) is 0 Å². The molecule has 4 rings (SSSR count). The highest BCUT2D eigenvalue weighted by Gasteiger charge is 2.18. The molecule has 1 saturated heterocycles. The van der Waals surface area contributed by atoms with E-state index in [2.05, 4.69) is 20.7 Å². The lowest BCUT2D eigenvalue weighted by Crippen LogP contribution is -2.35. The third kappa shape index (κ3) is 4.92. The summed E-state index contributed by atoms with van der Waals surface area (Å²) in [4.78, 5) is 22.6. The average molecular weight is 402 g/mol. The van der Waals surface area contributed by atoms with E-state index in [0.717, 1.165) is 49.9 Å². The van der Waals surface area contributed by atoms with Gasteiger partial charge in [0.05, 0.1) is 17.1 Å². The zero-order valence-corrected chi connectivity index (χ0v) is 16.9. The molecule has 6 N–H and O–H groups in total. The van der Waals surface area contributed by atoms with Crippen LogP contribution in [0.1, 0.15) is 40.9 Å². The van der Waals surface area contributed by atoms with Crippen molar-refractivity contribution in [3.63, 3.8) is 0 Å². The van der Waals surface area contributed by atoms with Crippen LogP contribution in [0.4, 0.5) is 11.4 Å². The van der Waals surface area contributed by atoms with Gasteiger partial charge in [0.25, 0.3) is 5.91 Å². The number of piperidine rings is 1. The number of carbonyl (C=O) groups excluding carboxylic acids is 1. The molecule has 0 aliphatic carbocycles. The summed E-state index contributed by atoms with van der Waals surface area (Å²) >= 11 is 1.58. The summed E-state index contributed by atoms with van der Waals surface area (Å²) in [6.45, 7) is 3.50. The van der Waals surface area contributed by atoms with Gasteiger partial charge in [0.15, 0.2) is 5.16 Å². The van der Waals surface area contributed by atoms with Crippen molar-refractivity contribution in [2.24, 2.45) is 5.84 Å². The Kier molecular flexibility index (Phi) is 7.07. The maximum absolute atomic E-state index is 12.2. The quantitative estimate of drug-likeness (QED) is 0.202. The molecule has 2 aromatic rings. The number of benzene rings is 1. The number of likely N-dealkylation sites (tertiary alicyclic amines) is 1. The average Bonchev–Trinajstić information content (AvgIpc) is 3.22. The molecular formula is C19H27N7OS. The molecule has 150 valence electrons. The molecular weight excluding hydrogens is 374 g/mol. The van der Waals surface area contributed by atoms with E-state index in [1.54, 1.807) is 30.0 Å². The molecule has 1 amide bonds. The summed E-state index contributed by atoms with van der Waals surface area (Å²) in [5.74, 6) is 5.35. The predicted molar refractivity (Wildman–Crippen MR) is 113 cm³/mol. The van der Waals surface area contributed by atoms with Crippen LogP contribution in [0, 0.1) is 0 Å². The SMILES string of the molecule is CSc1ncc2c(n1)CNC2.NNc1ccc(C(=O)N2CCCCC2)cc1N. The smallest absolute Gasteiger partial charge is 0.253 e. The van der Waals surface area contributed by atoms with Crippen LogP contribution in [0.15, 0.2) is 29.6 Å². The number of hydrazine groups is 1. The van der Waals surface area contributed by atoms with Gasteiger partial charge in [-0.3, -0.25) is 10.6 Å². The summed E-state index contributed by atoms with van der Waals surface area (Å²) in [5.41, 5.74) is 12.4. The molecule has 1 aromatic heterocycles. The molecule has 0 radical (unpaired) electrons. The van der Waals surface area contributed by atoms with Crippen molar-refractivity contribution in [1.29, 1.82) is 0 Å². The Morgan fingerprint density at radius 1 is 1.25 bits per heavy atom. The van der Waals surface area contributed by atoms with Gasteiger partial charge in [-0.15, -0.1) is 0 Å². The van der Waals surface area contributed by atoms with Gasteiger partial charge in [-0.25, -0.2) is 9.97 Å². The molecule has 0 unspecified atom stereocenters. The first-order valence-corrected chi connectivity index (χ1v) is 10.6. The lowest BCUT2D eigenvalue weighted by molar-refractivity contribution is 0.0724. The predicted octanol–water partition coefficient (Wildman–Crippen LogP) is 1.98. The van der Waals surface area contributed by atoms with Crippen molar-refractivity contribution in [2.75, 3.05) is 30.5 Å². The van der Waals surface area contributed by atoms with E-state index in [9.17, 15) is 4.79 Å². The van der Waals surface area contributed by atoms with E-state index in [1.165, 1.54) is 12.0 Å². The van der Waals surface area contributed by atoms with Crippen molar-refractivity contribution in [3.8, 4) is 0 Å². The fraction of sp³-hybridized carbons (Fsp3) is 0.421. The number of anilines is 2. The number of nitrogens with zero attached hydrogens (tertiary/aromatic N) is 3. The van der Waals surface area contributed by atoms with Gasteiger partial charge in [0.2, 0.25) is 0 Å². The Balaban J connectivity index is 0.000000176. The Labute approximate surface area is 169 Å². The number of amides is 1. The zero-order valence-electron chi connectivity index (χ0n) is 16.1. The van der Waals surface area contributed by atoms with Crippen LogP contribution in [0.5, 0.6) is 0 Å². The lowest BCUT2D eigenvalue weighted by Gasteiger charge is -2.26. The Morgan fingerprint density at radius 2 is 2.04 bits per heavy atom. The number of carbonyl (C=O) groups is 1. The highest BCUT2D eigenvalue weighted by Crippen LogP contribution is 2.21. The highest BCUT2D eigenvalue weighted by molar-refractivity contribution is 7.98. The molecule has 0 atom stereocenters. The number of rotatable bonds is 3. The van der Waals surface area contributed by atoms with Crippen LogP contribution in [0.2, 0.25) is 0 Å². The second-order valence-electron chi connectivity index (χ2n) is 6.73. The topological polar surface area (TPSA) is 122 Å². The summed E-state index contributed by atoms with van der Waals surface area (Å²) in [6.07, 6.45) is 7.29. The van der Waals surface area contributed by atoms with Crippen LogP contribution in [0.25, 0.3) is 0 Å². The van der Waals surface area contributed by atoms with Crippen molar-refractivity contribution < 1.29 is 4.79 Å². The number of hydrogen-bond donors (Lipinski definition) is 4. The van der Waals surface area contributed by atoms with Crippen LogP contribution in [-0.4, -0.2) is 40.1 Å². The Morgan fingerprint density at radius 3 is 2.71 bits per heavy atom. The standard InChI is InChI=1S/C12H18N4O.C7H9N3S/c13-10-8-9(4-5-11(10)15-14)12(17)16-6-2-1-3-7-16;1-11-7-9-3-5-2-8-4-6(5)10-7/h4-5,8,15H,1-3,6-7,13-14H2;3,8H,2,4H2,1H3. The van der Waals surface area contributed by atoms with Gasteiger partial charge in [-0.1, -0.05) is 11.8 Å². The largest absolute Gasteiger partial charge is 0.397 e. The number of fused-ring (bicyclic) bond motifs is 1. The molecule has 2 aliphatic heterocycles. The number of aromatic nitrogens is 2. The summed E-state index contributed by atoms with van der Waals surface area (Å²) in [7, 11) is 0. The van der Waals surface area contributed by atoms with Crippen LogP contribution < -0.4 is 22.3 Å². The fourth-order valence-electron chi connectivity index (χ4n) is 3.25. The molecule has 9 heteroatoms. The van der Waals surface area contributed by atoms with E-state index < -0.39 is 0 Å². The number of nitrogens with one attached hydrogen (secondary N) is 2. The molecule has 28 heavy (non-hydrogen) atoms.